The van der Waals surface area contributed by atoms with Crippen molar-refractivity contribution in [2.45, 2.75) is 13.3 Å². The molecule has 0 fully saturated rings. The number of nitrogens with zero attached hydrogens (tertiary/aromatic N) is 3. The molecule has 0 saturated heterocycles. The number of nitriles is 1. The van der Waals surface area contributed by atoms with Crippen molar-refractivity contribution in [3.63, 3.8) is 0 Å². The van der Waals surface area contributed by atoms with Crippen molar-refractivity contribution in [2.24, 2.45) is 0 Å². The minimum atomic E-state index is -3.42. The van der Waals surface area contributed by atoms with E-state index in [9.17, 15) is 8.42 Å². The van der Waals surface area contributed by atoms with Gasteiger partial charge in [0, 0.05) is 12.7 Å². The average Bonchev–Trinajstić information content (AvgIpc) is 2.28. The molecule has 0 radical (unpaired) electrons. The summed E-state index contributed by atoms with van der Waals surface area (Å²) in [5, 5.41) is 8.41. The Labute approximate surface area is 95.4 Å². The zero-order valence-electron chi connectivity index (χ0n) is 9.00. The van der Waals surface area contributed by atoms with Gasteiger partial charge in [-0.15, -0.1) is 0 Å². The molecule has 1 aromatic rings. The predicted octanol–water partition coefficient (Wildman–Crippen LogP) is 1.15. The van der Waals surface area contributed by atoms with Gasteiger partial charge >= 0.3 is 0 Å². The van der Waals surface area contributed by atoms with E-state index < -0.39 is 10.0 Å². The summed E-state index contributed by atoms with van der Waals surface area (Å²) in [7, 11) is -3.42. The van der Waals surface area contributed by atoms with Crippen LogP contribution >= 0.6 is 0 Å². The van der Waals surface area contributed by atoms with Crippen molar-refractivity contribution in [1.82, 2.24) is 4.98 Å². The Hall–Kier alpha value is -1.61. The van der Waals surface area contributed by atoms with Gasteiger partial charge in [0.1, 0.15) is 0 Å². The van der Waals surface area contributed by atoms with Gasteiger partial charge in [0.2, 0.25) is 10.0 Å². The number of sulfonamides is 1. The molecule has 0 atom stereocenters. The average molecular weight is 239 g/mol. The van der Waals surface area contributed by atoms with E-state index in [-0.39, 0.29) is 12.2 Å². The van der Waals surface area contributed by atoms with E-state index >= 15 is 0 Å². The molecule has 0 aliphatic heterocycles. The van der Waals surface area contributed by atoms with Crippen LogP contribution in [0.3, 0.4) is 0 Å². The highest BCUT2D eigenvalue weighted by Gasteiger charge is 2.20. The van der Waals surface area contributed by atoms with E-state index in [1.165, 1.54) is 10.5 Å². The topological polar surface area (TPSA) is 74.1 Å². The lowest BCUT2D eigenvalue weighted by atomic mass is 10.4. The van der Waals surface area contributed by atoms with Crippen LogP contribution in [0.5, 0.6) is 0 Å². The van der Waals surface area contributed by atoms with Crippen molar-refractivity contribution < 1.29 is 8.42 Å². The summed E-state index contributed by atoms with van der Waals surface area (Å²) in [5.74, 6) is -0.160. The van der Waals surface area contributed by atoms with Crippen LogP contribution < -0.4 is 4.31 Å². The molecule has 0 N–H and O–H groups in total. The molecule has 1 aromatic heterocycles. The molecule has 0 unspecified atom stereocenters. The summed E-state index contributed by atoms with van der Waals surface area (Å²) in [5.41, 5.74) is 0.530. The van der Waals surface area contributed by atoms with Gasteiger partial charge < -0.3 is 0 Å². The van der Waals surface area contributed by atoms with Gasteiger partial charge in [-0.2, -0.15) is 5.26 Å². The standard InChI is InChI=1S/C10H13N3O2S/c1-2-13(10-5-3-7-12-9-10)16(14,15)8-4-6-11/h3,5,7,9H,2,4,8H2,1H3. The van der Waals surface area contributed by atoms with Crippen molar-refractivity contribution in [3.8, 4) is 6.07 Å². The molecule has 1 rings (SSSR count). The summed E-state index contributed by atoms with van der Waals surface area (Å²) < 4.78 is 25.0. The molecular formula is C10H13N3O2S. The third kappa shape index (κ3) is 2.94. The van der Waals surface area contributed by atoms with Crippen LogP contribution in [0.25, 0.3) is 0 Å². The van der Waals surface area contributed by atoms with Crippen LogP contribution in [0.15, 0.2) is 24.5 Å². The molecule has 1 heterocycles. The predicted molar refractivity (Wildman–Crippen MR) is 61.3 cm³/mol. The first-order valence-corrected chi connectivity index (χ1v) is 6.50. The van der Waals surface area contributed by atoms with Crippen molar-refractivity contribution in [1.29, 1.82) is 5.26 Å². The molecule has 6 heteroatoms. The van der Waals surface area contributed by atoms with Crippen LogP contribution in [-0.4, -0.2) is 25.7 Å². The quantitative estimate of drug-likeness (QED) is 0.772. The number of pyridine rings is 1. The molecule has 16 heavy (non-hydrogen) atoms. The van der Waals surface area contributed by atoms with E-state index in [0.29, 0.717) is 12.2 Å². The van der Waals surface area contributed by atoms with Gasteiger partial charge in [-0.05, 0) is 19.1 Å². The van der Waals surface area contributed by atoms with E-state index in [0.717, 1.165) is 0 Å². The smallest absolute Gasteiger partial charge is 0.236 e. The zero-order valence-corrected chi connectivity index (χ0v) is 9.81. The van der Waals surface area contributed by atoms with Crippen LogP contribution in [-0.2, 0) is 10.0 Å². The van der Waals surface area contributed by atoms with E-state index in [4.69, 9.17) is 5.26 Å². The molecule has 0 aromatic carbocycles. The third-order valence-corrected chi connectivity index (χ3v) is 3.89. The van der Waals surface area contributed by atoms with Crippen molar-refractivity contribution in [2.75, 3.05) is 16.6 Å². The Bertz CT molecular complexity index is 465. The molecule has 5 nitrogen and oxygen atoms in total. The fraction of sp³-hybridized carbons (Fsp3) is 0.400. The molecule has 0 bridgehead atoms. The fourth-order valence-electron chi connectivity index (χ4n) is 1.33. The Balaban J connectivity index is 2.96. The normalized spacial score (nSPS) is 10.8. The number of aromatic nitrogens is 1. The largest absolute Gasteiger partial charge is 0.269 e. The van der Waals surface area contributed by atoms with Crippen LogP contribution in [0.1, 0.15) is 13.3 Å². The summed E-state index contributed by atoms with van der Waals surface area (Å²) in [6, 6.07) is 5.19. The number of hydrogen-bond acceptors (Lipinski definition) is 4. The summed E-state index contributed by atoms with van der Waals surface area (Å²) in [6.45, 7) is 2.08. The molecule has 0 aliphatic carbocycles. The Morgan fingerprint density at radius 3 is 2.81 bits per heavy atom. The number of hydrogen-bond donors (Lipinski definition) is 0. The Kier molecular flexibility index (Phi) is 4.26. The second-order valence-corrected chi connectivity index (χ2v) is 5.11. The molecular weight excluding hydrogens is 226 g/mol. The maximum absolute atomic E-state index is 11.9. The Morgan fingerprint density at radius 2 is 2.31 bits per heavy atom. The van der Waals surface area contributed by atoms with Gasteiger partial charge in [0.15, 0.2) is 0 Å². The van der Waals surface area contributed by atoms with Gasteiger partial charge in [0.05, 0.1) is 30.1 Å². The summed E-state index contributed by atoms with van der Waals surface area (Å²) in [4.78, 5) is 3.88. The van der Waals surface area contributed by atoms with E-state index in [1.54, 1.807) is 25.3 Å². The fourth-order valence-corrected chi connectivity index (χ4v) is 2.72. The first-order chi connectivity index (χ1) is 7.61. The van der Waals surface area contributed by atoms with Gasteiger partial charge in [0.25, 0.3) is 0 Å². The lowest BCUT2D eigenvalue weighted by molar-refractivity contribution is 0.591. The monoisotopic (exact) mass is 239 g/mol. The van der Waals surface area contributed by atoms with Crippen LogP contribution in [0.2, 0.25) is 0 Å². The third-order valence-electron chi connectivity index (χ3n) is 2.03. The minimum absolute atomic E-state index is 0.000897. The van der Waals surface area contributed by atoms with E-state index in [1.807, 2.05) is 6.07 Å². The minimum Gasteiger partial charge on any atom is -0.269 e. The second-order valence-electron chi connectivity index (χ2n) is 3.10. The summed E-state index contributed by atoms with van der Waals surface area (Å²) >= 11 is 0. The molecule has 0 saturated carbocycles. The van der Waals surface area contributed by atoms with Gasteiger partial charge in [-0.1, -0.05) is 0 Å². The van der Waals surface area contributed by atoms with E-state index in [2.05, 4.69) is 4.98 Å². The zero-order chi connectivity index (χ0) is 12.0. The first kappa shape index (κ1) is 12.5. The lowest BCUT2D eigenvalue weighted by Crippen LogP contribution is -2.32. The van der Waals surface area contributed by atoms with Crippen molar-refractivity contribution >= 4 is 15.7 Å². The molecule has 0 spiro atoms. The van der Waals surface area contributed by atoms with Gasteiger partial charge in [-0.25, -0.2) is 8.42 Å². The highest BCUT2D eigenvalue weighted by Crippen LogP contribution is 2.16. The highest BCUT2D eigenvalue weighted by atomic mass is 32.2. The molecule has 0 aliphatic rings. The highest BCUT2D eigenvalue weighted by molar-refractivity contribution is 7.92. The summed E-state index contributed by atoms with van der Waals surface area (Å²) in [6.07, 6.45) is 3.08. The molecule has 86 valence electrons. The Morgan fingerprint density at radius 1 is 1.56 bits per heavy atom. The second kappa shape index (κ2) is 5.47. The van der Waals surface area contributed by atoms with Crippen LogP contribution in [0, 0.1) is 11.3 Å². The maximum atomic E-state index is 11.9. The maximum Gasteiger partial charge on any atom is 0.236 e. The number of rotatable bonds is 5. The molecule has 0 amide bonds. The van der Waals surface area contributed by atoms with Gasteiger partial charge in [-0.3, -0.25) is 9.29 Å². The lowest BCUT2D eigenvalue weighted by Gasteiger charge is -2.21. The van der Waals surface area contributed by atoms with Crippen molar-refractivity contribution in [3.05, 3.63) is 24.5 Å². The SMILES string of the molecule is CCN(c1cccnc1)S(=O)(=O)CCC#N. The van der Waals surface area contributed by atoms with Crippen LogP contribution in [0.4, 0.5) is 5.69 Å². The first-order valence-electron chi connectivity index (χ1n) is 4.89. The number of anilines is 1.